The summed E-state index contributed by atoms with van der Waals surface area (Å²) in [6.07, 6.45) is 6.21. The minimum Gasteiger partial charge on any atom is -0.484 e. The van der Waals surface area contributed by atoms with Crippen LogP contribution in [0.4, 0.5) is 5.69 Å². The van der Waals surface area contributed by atoms with E-state index in [1.54, 1.807) is 36.4 Å². The van der Waals surface area contributed by atoms with E-state index in [1.807, 2.05) is 11.8 Å². The number of carbonyl (C=O) groups excluding carboxylic acids is 2. The van der Waals surface area contributed by atoms with E-state index in [1.165, 1.54) is 30.6 Å². The lowest BCUT2D eigenvalue weighted by Crippen LogP contribution is -2.56. The Hall–Kier alpha value is -2.45. The molecule has 2 heterocycles. The van der Waals surface area contributed by atoms with E-state index in [-0.39, 0.29) is 29.7 Å². The summed E-state index contributed by atoms with van der Waals surface area (Å²) in [6.45, 7) is 2.84. The molecule has 0 radical (unpaired) electrons. The maximum atomic E-state index is 12.5. The van der Waals surface area contributed by atoms with Crippen LogP contribution in [0.3, 0.4) is 0 Å². The van der Waals surface area contributed by atoms with Gasteiger partial charge in [0.1, 0.15) is 5.75 Å². The second-order valence-corrected chi connectivity index (χ2v) is 9.28. The molecule has 8 heteroatoms. The Labute approximate surface area is 186 Å². The second-order valence-electron chi connectivity index (χ2n) is 8.06. The number of carbonyl (C=O) groups is 2. The molecular formula is C23H29N3O4S. The van der Waals surface area contributed by atoms with Crippen molar-refractivity contribution in [1.29, 1.82) is 0 Å². The molecule has 2 aliphatic rings. The molecule has 2 amide bonds. The van der Waals surface area contributed by atoms with Gasteiger partial charge in [-0.05, 0) is 37.1 Å². The van der Waals surface area contributed by atoms with Crippen LogP contribution in [-0.4, -0.2) is 60.0 Å². The van der Waals surface area contributed by atoms with Crippen LogP contribution in [0.5, 0.6) is 5.75 Å². The average Bonchev–Trinajstić information content (AvgIpc) is 3.50. The van der Waals surface area contributed by atoms with Gasteiger partial charge in [-0.15, -0.1) is 0 Å². The van der Waals surface area contributed by atoms with E-state index in [2.05, 4.69) is 15.5 Å². The summed E-state index contributed by atoms with van der Waals surface area (Å²) in [5, 5.41) is 5.86. The monoisotopic (exact) mass is 443 g/mol. The third-order valence-corrected chi connectivity index (χ3v) is 6.98. The molecule has 4 rings (SSSR count). The number of furan rings is 1. The van der Waals surface area contributed by atoms with E-state index in [0.29, 0.717) is 18.0 Å². The van der Waals surface area contributed by atoms with Crippen molar-refractivity contribution in [3.63, 3.8) is 0 Å². The van der Waals surface area contributed by atoms with Crippen LogP contribution in [0.15, 0.2) is 47.1 Å². The molecule has 31 heavy (non-hydrogen) atoms. The van der Waals surface area contributed by atoms with Crippen LogP contribution in [0.1, 0.15) is 36.2 Å². The Bertz CT molecular complexity index is 875. The number of benzene rings is 1. The maximum Gasteiger partial charge on any atom is 0.291 e. The number of nitrogens with one attached hydrogen (secondary N) is 2. The van der Waals surface area contributed by atoms with Gasteiger partial charge in [0.15, 0.2) is 12.4 Å². The zero-order valence-corrected chi connectivity index (χ0v) is 18.4. The molecule has 0 bridgehead atoms. The van der Waals surface area contributed by atoms with E-state index in [0.717, 1.165) is 25.9 Å². The van der Waals surface area contributed by atoms with Crippen LogP contribution in [0.2, 0.25) is 0 Å². The topological polar surface area (TPSA) is 83.8 Å². The van der Waals surface area contributed by atoms with Gasteiger partial charge in [0.05, 0.1) is 6.26 Å². The SMILES string of the molecule is O=C(COc1cccc(NC(=O)c2ccco2)c1)NCC1(N2CCSCC2)CCCC1. The first-order valence-corrected chi connectivity index (χ1v) is 12.0. The molecule has 1 saturated carbocycles. The first-order valence-electron chi connectivity index (χ1n) is 10.8. The lowest BCUT2D eigenvalue weighted by Gasteiger charge is -2.43. The van der Waals surface area contributed by atoms with Gasteiger partial charge in [-0.3, -0.25) is 14.5 Å². The molecule has 2 fully saturated rings. The first-order chi connectivity index (χ1) is 15.1. The Balaban J connectivity index is 1.27. The predicted molar refractivity (Wildman–Crippen MR) is 122 cm³/mol. The maximum absolute atomic E-state index is 12.5. The zero-order valence-electron chi connectivity index (χ0n) is 17.6. The Kier molecular flexibility index (Phi) is 7.19. The molecule has 166 valence electrons. The van der Waals surface area contributed by atoms with Gasteiger partial charge in [0.2, 0.25) is 0 Å². The van der Waals surface area contributed by atoms with Crippen molar-refractivity contribution in [2.24, 2.45) is 0 Å². The number of hydrogen-bond donors (Lipinski definition) is 2. The third kappa shape index (κ3) is 5.62. The number of ether oxygens (including phenoxy) is 1. The highest BCUT2D eigenvalue weighted by molar-refractivity contribution is 7.99. The highest BCUT2D eigenvalue weighted by Crippen LogP contribution is 2.36. The van der Waals surface area contributed by atoms with Crippen LogP contribution >= 0.6 is 11.8 Å². The molecule has 1 aromatic heterocycles. The molecule has 0 spiro atoms. The number of rotatable bonds is 8. The quantitative estimate of drug-likeness (QED) is 0.651. The lowest BCUT2D eigenvalue weighted by molar-refractivity contribution is -0.123. The fourth-order valence-corrected chi connectivity index (χ4v) is 5.31. The van der Waals surface area contributed by atoms with Crippen molar-refractivity contribution in [1.82, 2.24) is 10.2 Å². The van der Waals surface area contributed by atoms with Gasteiger partial charge in [-0.1, -0.05) is 18.9 Å². The van der Waals surface area contributed by atoms with Crippen molar-refractivity contribution < 1.29 is 18.7 Å². The minimum atomic E-state index is -0.335. The summed E-state index contributed by atoms with van der Waals surface area (Å²) >= 11 is 2.01. The number of amides is 2. The van der Waals surface area contributed by atoms with E-state index in [9.17, 15) is 9.59 Å². The van der Waals surface area contributed by atoms with E-state index in [4.69, 9.17) is 9.15 Å². The summed E-state index contributed by atoms with van der Waals surface area (Å²) < 4.78 is 10.8. The highest BCUT2D eigenvalue weighted by Gasteiger charge is 2.40. The Morgan fingerprint density at radius 1 is 1.13 bits per heavy atom. The predicted octanol–water partition coefficient (Wildman–Crippen LogP) is 3.39. The molecule has 7 nitrogen and oxygen atoms in total. The highest BCUT2D eigenvalue weighted by atomic mass is 32.2. The van der Waals surface area contributed by atoms with Crippen LogP contribution in [-0.2, 0) is 4.79 Å². The Morgan fingerprint density at radius 2 is 1.94 bits per heavy atom. The largest absolute Gasteiger partial charge is 0.484 e. The van der Waals surface area contributed by atoms with Crippen molar-refractivity contribution in [3.8, 4) is 5.75 Å². The molecule has 1 aliphatic carbocycles. The molecule has 0 atom stereocenters. The standard InChI is InChI=1S/C23H29N3O4S/c27-21(24-17-23(8-1-2-9-23)26-10-13-31-14-11-26)16-30-19-6-3-5-18(15-19)25-22(28)20-7-4-12-29-20/h3-7,12,15H,1-2,8-11,13-14,16-17H2,(H,24,27)(H,25,28). The molecule has 1 aromatic carbocycles. The number of thioether (sulfide) groups is 1. The summed E-state index contributed by atoms with van der Waals surface area (Å²) in [6, 6.07) is 10.2. The van der Waals surface area contributed by atoms with Crippen LogP contribution < -0.4 is 15.4 Å². The van der Waals surface area contributed by atoms with Crippen LogP contribution in [0.25, 0.3) is 0 Å². The van der Waals surface area contributed by atoms with Crippen molar-refractivity contribution in [2.75, 3.05) is 43.1 Å². The Morgan fingerprint density at radius 3 is 2.68 bits per heavy atom. The summed E-state index contributed by atoms with van der Waals surface area (Å²) in [4.78, 5) is 27.2. The first kappa shape index (κ1) is 21.8. The number of nitrogens with zero attached hydrogens (tertiary/aromatic N) is 1. The molecule has 2 N–H and O–H groups in total. The number of hydrogen-bond acceptors (Lipinski definition) is 6. The lowest BCUT2D eigenvalue weighted by atomic mass is 9.94. The van der Waals surface area contributed by atoms with Crippen molar-refractivity contribution in [2.45, 2.75) is 31.2 Å². The van der Waals surface area contributed by atoms with Gasteiger partial charge in [-0.25, -0.2) is 0 Å². The summed E-state index contributed by atoms with van der Waals surface area (Å²) in [5.41, 5.74) is 0.680. The van der Waals surface area contributed by atoms with Gasteiger partial charge in [0, 0.05) is 48.4 Å². The van der Waals surface area contributed by atoms with Crippen molar-refractivity contribution in [3.05, 3.63) is 48.4 Å². The second kappa shape index (κ2) is 10.2. The zero-order chi connectivity index (χ0) is 21.5. The molecule has 1 saturated heterocycles. The fourth-order valence-electron chi connectivity index (χ4n) is 4.40. The van der Waals surface area contributed by atoms with Gasteiger partial charge in [-0.2, -0.15) is 11.8 Å². The smallest absolute Gasteiger partial charge is 0.291 e. The molecule has 0 unspecified atom stereocenters. The van der Waals surface area contributed by atoms with Crippen LogP contribution in [0, 0.1) is 0 Å². The normalized spacial score (nSPS) is 18.5. The third-order valence-electron chi connectivity index (χ3n) is 6.04. The van der Waals surface area contributed by atoms with Gasteiger partial charge in [0.25, 0.3) is 11.8 Å². The number of anilines is 1. The summed E-state index contributed by atoms with van der Waals surface area (Å²) in [7, 11) is 0. The fraction of sp³-hybridized carbons (Fsp3) is 0.478. The molecule has 1 aliphatic heterocycles. The van der Waals surface area contributed by atoms with Gasteiger partial charge < -0.3 is 19.8 Å². The summed E-state index contributed by atoms with van der Waals surface area (Å²) in [5.74, 6) is 2.65. The van der Waals surface area contributed by atoms with Crippen molar-refractivity contribution >= 4 is 29.3 Å². The molecular weight excluding hydrogens is 414 g/mol. The van der Waals surface area contributed by atoms with Gasteiger partial charge >= 0.3 is 0 Å². The average molecular weight is 444 g/mol. The minimum absolute atomic E-state index is 0.0541. The van der Waals surface area contributed by atoms with E-state index < -0.39 is 0 Å². The molecule has 2 aromatic rings. The van der Waals surface area contributed by atoms with E-state index >= 15 is 0 Å².